The first-order chi connectivity index (χ1) is 11.3. The van der Waals surface area contributed by atoms with Gasteiger partial charge in [-0.25, -0.2) is 4.98 Å². The molecular formula is C18H20ClN3O2. The van der Waals surface area contributed by atoms with Crippen molar-refractivity contribution in [2.45, 2.75) is 37.6 Å². The van der Waals surface area contributed by atoms with Gasteiger partial charge in [0.1, 0.15) is 5.82 Å². The van der Waals surface area contributed by atoms with Gasteiger partial charge in [0, 0.05) is 12.0 Å². The van der Waals surface area contributed by atoms with Crippen molar-refractivity contribution in [2.24, 2.45) is 0 Å². The lowest BCUT2D eigenvalue weighted by molar-refractivity contribution is 0.0896. The van der Waals surface area contributed by atoms with Crippen LogP contribution in [0.15, 0.2) is 47.1 Å². The van der Waals surface area contributed by atoms with Gasteiger partial charge in [0.15, 0.2) is 5.76 Å². The third-order valence-electron chi connectivity index (χ3n) is 4.55. The van der Waals surface area contributed by atoms with Crippen LogP contribution in [0.5, 0.6) is 0 Å². The second kappa shape index (κ2) is 7.09. The molecule has 0 aliphatic heterocycles. The maximum atomic E-state index is 12.1. The number of carbonyl (C=O) groups is 1. The molecular weight excluding hydrogens is 326 g/mol. The Bertz CT molecular complexity index is 780. The summed E-state index contributed by atoms with van der Waals surface area (Å²) in [5.41, 5.74) is 2.08. The molecule has 24 heavy (non-hydrogen) atoms. The number of carbonyl (C=O) groups excluding carboxylic acids is 1. The molecule has 2 atom stereocenters. The van der Waals surface area contributed by atoms with E-state index in [1.807, 2.05) is 24.3 Å². The lowest BCUT2D eigenvalue weighted by atomic mass is 9.85. The lowest BCUT2D eigenvalue weighted by Gasteiger charge is -2.28. The second-order valence-corrected chi connectivity index (χ2v) is 6.15. The number of rotatable bonds is 3. The molecule has 1 amide bonds. The number of nitrogens with one attached hydrogen (secondary N) is 2. The van der Waals surface area contributed by atoms with Crippen LogP contribution in [0.25, 0.3) is 11.0 Å². The third-order valence-corrected chi connectivity index (χ3v) is 4.55. The summed E-state index contributed by atoms with van der Waals surface area (Å²) in [5.74, 6) is 1.63. The van der Waals surface area contributed by atoms with E-state index in [9.17, 15) is 4.79 Å². The summed E-state index contributed by atoms with van der Waals surface area (Å²) in [6, 6.07) is 11.7. The molecule has 2 unspecified atom stereocenters. The fourth-order valence-electron chi connectivity index (χ4n) is 3.40. The fraction of sp³-hybridized carbons (Fsp3) is 0.333. The van der Waals surface area contributed by atoms with E-state index in [4.69, 9.17) is 9.40 Å². The summed E-state index contributed by atoms with van der Waals surface area (Å²) in [6.45, 7) is 0. The number of H-pyrrole nitrogens is 1. The molecule has 2 heterocycles. The van der Waals surface area contributed by atoms with Crippen LogP contribution in [-0.4, -0.2) is 21.9 Å². The van der Waals surface area contributed by atoms with Gasteiger partial charge in [-0.15, -0.1) is 12.4 Å². The molecule has 3 aromatic rings. The predicted molar refractivity (Wildman–Crippen MR) is 94.5 cm³/mol. The van der Waals surface area contributed by atoms with Crippen molar-refractivity contribution in [1.82, 2.24) is 15.3 Å². The van der Waals surface area contributed by atoms with Crippen LogP contribution in [0.3, 0.4) is 0 Å². The van der Waals surface area contributed by atoms with E-state index in [2.05, 4.69) is 10.3 Å². The number of benzene rings is 1. The molecule has 1 aliphatic rings. The quantitative estimate of drug-likeness (QED) is 0.752. The Labute approximate surface area is 146 Å². The van der Waals surface area contributed by atoms with Crippen LogP contribution < -0.4 is 5.32 Å². The molecule has 1 aromatic carbocycles. The van der Waals surface area contributed by atoms with Crippen molar-refractivity contribution in [1.29, 1.82) is 0 Å². The average molecular weight is 346 g/mol. The number of fused-ring (bicyclic) bond motifs is 1. The first kappa shape index (κ1) is 16.6. The Balaban J connectivity index is 0.00000169. The monoisotopic (exact) mass is 345 g/mol. The number of nitrogens with zero attached hydrogens (tertiary/aromatic N) is 1. The average Bonchev–Trinajstić information content (AvgIpc) is 3.24. The summed E-state index contributed by atoms with van der Waals surface area (Å²) in [6.07, 6.45) is 5.63. The van der Waals surface area contributed by atoms with Gasteiger partial charge in [0.25, 0.3) is 5.91 Å². The van der Waals surface area contributed by atoms with Crippen molar-refractivity contribution < 1.29 is 9.21 Å². The summed E-state index contributed by atoms with van der Waals surface area (Å²) >= 11 is 0. The second-order valence-electron chi connectivity index (χ2n) is 6.15. The molecule has 0 bridgehead atoms. The Hall–Kier alpha value is -2.27. The van der Waals surface area contributed by atoms with E-state index in [0.29, 0.717) is 11.7 Å². The van der Waals surface area contributed by atoms with Crippen LogP contribution in [0.1, 0.15) is 48.0 Å². The van der Waals surface area contributed by atoms with Crippen molar-refractivity contribution in [3.05, 3.63) is 54.2 Å². The van der Waals surface area contributed by atoms with Gasteiger partial charge in [-0.1, -0.05) is 18.6 Å². The number of amides is 1. The maximum absolute atomic E-state index is 12.1. The van der Waals surface area contributed by atoms with Crippen molar-refractivity contribution in [2.75, 3.05) is 0 Å². The van der Waals surface area contributed by atoms with Gasteiger partial charge in [-0.05, 0) is 43.5 Å². The molecule has 2 N–H and O–H groups in total. The molecule has 4 rings (SSSR count). The molecule has 1 aliphatic carbocycles. The topological polar surface area (TPSA) is 70.9 Å². The van der Waals surface area contributed by atoms with Crippen molar-refractivity contribution in [3.8, 4) is 0 Å². The number of aromatic amines is 1. The highest BCUT2D eigenvalue weighted by atomic mass is 35.5. The van der Waals surface area contributed by atoms with Gasteiger partial charge in [0.05, 0.1) is 17.3 Å². The van der Waals surface area contributed by atoms with E-state index in [-0.39, 0.29) is 24.4 Å². The van der Waals surface area contributed by atoms with Crippen molar-refractivity contribution >= 4 is 29.3 Å². The molecule has 6 heteroatoms. The molecule has 0 saturated heterocycles. The zero-order valence-corrected chi connectivity index (χ0v) is 14.0. The van der Waals surface area contributed by atoms with Gasteiger partial charge >= 0.3 is 0 Å². The number of halogens is 1. The molecule has 0 radical (unpaired) electrons. The summed E-state index contributed by atoms with van der Waals surface area (Å²) in [5, 5.41) is 3.08. The third kappa shape index (κ3) is 3.31. The van der Waals surface area contributed by atoms with Crippen LogP contribution in [0.4, 0.5) is 0 Å². The van der Waals surface area contributed by atoms with E-state index in [1.54, 1.807) is 12.1 Å². The number of hydrogen-bond donors (Lipinski definition) is 2. The highest BCUT2D eigenvalue weighted by molar-refractivity contribution is 5.91. The number of furan rings is 1. The molecule has 2 aromatic heterocycles. The predicted octanol–water partition coefficient (Wildman–Crippen LogP) is 4.03. The zero-order valence-electron chi connectivity index (χ0n) is 13.2. The van der Waals surface area contributed by atoms with E-state index in [1.165, 1.54) is 6.26 Å². The first-order valence-electron chi connectivity index (χ1n) is 8.08. The summed E-state index contributed by atoms with van der Waals surface area (Å²) < 4.78 is 5.16. The smallest absolute Gasteiger partial charge is 0.287 e. The number of aromatic nitrogens is 2. The van der Waals surface area contributed by atoms with Crippen LogP contribution in [-0.2, 0) is 0 Å². The summed E-state index contributed by atoms with van der Waals surface area (Å²) in [7, 11) is 0. The molecule has 5 nitrogen and oxygen atoms in total. The van der Waals surface area contributed by atoms with E-state index < -0.39 is 0 Å². The largest absolute Gasteiger partial charge is 0.459 e. The Kier molecular flexibility index (Phi) is 4.90. The van der Waals surface area contributed by atoms with Crippen LogP contribution in [0.2, 0.25) is 0 Å². The summed E-state index contributed by atoms with van der Waals surface area (Å²) in [4.78, 5) is 20.3. The van der Waals surface area contributed by atoms with E-state index >= 15 is 0 Å². The highest BCUT2D eigenvalue weighted by Gasteiger charge is 2.27. The Morgan fingerprint density at radius 3 is 2.88 bits per heavy atom. The van der Waals surface area contributed by atoms with Gasteiger partial charge < -0.3 is 14.7 Å². The molecule has 0 spiro atoms. The number of imidazole rings is 1. The maximum Gasteiger partial charge on any atom is 0.287 e. The Morgan fingerprint density at radius 1 is 1.21 bits per heavy atom. The molecule has 126 valence electrons. The number of para-hydroxylation sites is 2. The van der Waals surface area contributed by atoms with Crippen LogP contribution in [0, 0.1) is 0 Å². The van der Waals surface area contributed by atoms with Crippen LogP contribution >= 0.6 is 12.4 Å². The minimum atomic E-state index is -0.134. The highest BCUT2D eigenvalue weighted by Crippen LogP contribution is 2.32. The van der Waals surface area contributed by atoms with Gasteiger partial charge in [0.2, 0.25) is 0 Å². The zero-order chi connectivity index (χ0) is 15.6. The standard InChI is InChI=1S/C18H19N3O2.ClH/c22-18(16-9-4-10-23-16)19-13-6-3-5-12(11-13)17-20-14-7-1-2-8-15(14)21-17;/h1-2,4,7-10,12-13H,3,5-6,11H2,(H,19,22)(H,20,21);1H. The molecule has 1 fully saturated rings. The Morgan fingerprint density at radius 2 is 2.08 bits per heavy atom. The minimum Gasteiger partial charge on any atom is -0.459 e. The minimum absolute atomic E-state index is 0. The number of hydrogen-bond acceptors (Lipinski definition) is 3. The SMILES string of the molecule is Cl.O=C(NC1CCCC(c2nc3ccccc3[nH]2)C1)c1ccco1. The van der Waals surface area contributed by atoms with Gasteiger partial charge in [-0.3, -0.25) is 4.79 Å². The fourth-order valence-corrected chi connectivity index (χ4v) is 3.40. The van der Waals surface area contributed by atoms with Crippen molar-refractivity contribution in [3.63, 3.8) is 0 Å². The first-order valence-corrected chi connectivity index (χ1v) is 8.08. The molecule has 1 saturated carbocycles. The normalized spacial score (nSPS) is 20.5. The van der Waals surface area contributed by atoms with Gasteiger partial charge in [-0.2, -0.15) is 0 Å². The lowest BCUT2D eigenvalue weighted by Crippen LogP contribution is -2.38. The van der Waals surface area contributed by atoms with E-state index in [0.717, 1.165) is 42.5 Å².